The predicted octanol–water partition coefficient (Wildman–Crippen LogP) is 5.65. The number of rotatable bonds is 9. The topological polar surface area (TPSA) is 43.3 Å². The molecule has 4 aromatic rings. The van der Waals surface area contributed by atoms with E-state index in [9.17, 15) is 4.79 Å². The number of hydrogen-bond acceptors (Lipinski definition) is 2. The third-order valence-electron chi connectivity index (χ3n) is 5.82. The lowest BCUT2D eigenvalue weighted by Crippen LogP contribution is -2.22. The van der Waals surface area contributed by atoms with Gasteiger partial charge in [-0.2, -0.15) is 0 Å². The van der Waals surface area contributed by atoms with E-state index in [4.69, 9.17) is 4.74 Å². The van der Waals surface area contributed by atoms with Crippen LogP contribution in [0.2, 0.25) is 0 Å². The summed E-state index contributed by atoms with van der Waals surface area (Å²) in [6.45, 7) is 6.12. The zero-order chi connectivity index (χ0) is 22.3. The van der Waals surface area contributed by atoms with Gasteiger partial charge in [0.25, 0.3) is 0 Å². The first-order chi connectivity index (χ1) is 15.6. The molecule has 1 aromatic heterocycles. The minimum absolute atomic E-state index is 0.0645. The van der Waals surface area contributed by atoms with E-state index in [1.54, 1.807) is 0 Å². The second-order valence-corrected chi connectivity index (χ2v) is 8.08. The van der Waals surface area contributed by atoms with Crippen LogP contribution in [0.15, 0.2) is 79.0 Å². The number of ether oxygens (including phenoxy) is 1. The number of fused-ring (bicyclic) bond motifs is 1. The second kappa shape index (κ2) is 10.2. The summed E-state index contributed by atoms with van der Waals surface area (Å²) in [4.78, 5) is 12.5. The Kier molecular flexibility index (Phi) is 6.90. The number of nitrogens with zero attached hydrogens (tertiary/aromatic N) is 1. The van der Waals surface area contributed by atoms with Crippen LogP contribution in [0, 0.1) is 6.92 Å². The first kappa shape index (κ1) is 21.7. The summed E-state index contributed by atoms with van der Waals surface area (Å²) in [7, 11) is 0. The molecule has 0 aliphatic heterocycles. The number of benzene rings is 3. The molecule has 4 heteroatoms. The summed E-state index contributed by atoms with van der Waals surface area (Å²) in [5.74, 6) is 0.916. The van der Waals surface area contributed by atoms with Crippen molar-refractivity contribution >= 4 is 16.8 Å². The van der Waals surface area contributed by atoms with Crippen molar-refractivity contribution < 1.29 is 9.53 Å². The van der Waals surface area contributed by atoms with E-state index in [2.05, 4.69) is 71.5 Å². The van der Waals surface area contributed by atoms with Crippen molar-refractivity contribution in [1.82, 2.24) is 9.88 Å². The van der Waals surface area contributed by atoms with Crippen LogP contribution in [0.5, 0.6) is 5.75 Å². The zero-order valence-electron chi connectivity index (χ0n) is 18.8. The molecule has 1 heterocycles. The van der Waals surface area contributed by atoms with Gasteiger partial charge in [0.2, 0.25) is 5.91 Å². The fourth-order valence-electron chi connectivity index (χ4n) is 4.03. The Morgan fingerprint density at radius 3 is 2.47 bits per heavy atom. The average Bonchev–Trinajstić information content (AvgIpc) is 3.16. The van der Waals surface area contributed by atoms with Gasteiger partial charge < -0.3 is 14.6 Å². The number of aryl methyl sites for hydroxylation is 2. The predicted molar refractivity (Wildman–Crippen MR) is 130 cm³/mol. The number of amides is 1. The Labute approximate surface area is 189 Å². The quantitative estimate of drug-likeness (QED) is 0.376. The normalized spacial score (nSPS) is 10.9. The third kappa shape index (κ3) is 5.20. The number of aromatic nitrogens is 1. The van der Waals surface area contributed by atoms with E-state index in [-0.39, 0.29) is 5.91 Å². The molecular weight excluding hydrogens is 396 g/mol. The second-order valence-electron chi connectivity index (χ2n) is 8.08. The van der Waals surface area contributed by atoms with Crippen LogP contribution in [0.3, 0.4) is 0 Å². The molecule has 32 heavy (non-hydrogen) atoms. The summed E-state index contributed by atoms with van der Waals surface area (Å²) in [5.41, 5.74) is 6.09. The SMILES string of the molecule is CCOc1ccc(CNC(=O)CCc2cn(Cc3ccccc3C)c3ccccc23)cc1. The first-order valence-electron chi connectivity index (χ1n) is 11.2. The highest BCUT2D eigenvalue weighted by atomic mass is 16.5. The third-order valence-corrected chi connectivity index (χ3v) is 5.82. The molecule has 0 unspecified atom stereocenters. The van der Waals surface area contributed by atoms with Crippen molar-refractivity contribution in [2.45, 2.75) is 39.8 Å². The van der Waals surface area contributed by atoms with E-state index in [1.807, 2.05) is 31.2 Å². The summed E-state index contributed by atoms with van der Waals surface area (Å²) in [6, 6.07) is 24.8. The van der Waals surface area contributed by atoms with E-state index in [1.165, 1.54) is 27.6 Å². The number of nitrogens with one attached hydrogen (secondary N) is 1. The van der Waals surface area contributed by atoms with Crippen LogP contribution >= 0.6 is 0 Å². The molecule has 1 amide bonds. The van der Waals surface area contributed by atoms with Gasteiger partial charge in [-0.25, -0.2) is 0 Å². The summed E-state index contributed by atoms with van der Waals surface area (Å²) in [5, 5.41) is 4.26. The lowest BCUT2D eigenvalue weighted by Gasteiger charge is -2.08. The van der Waals surface area contributed by atoms with Gasteiger partial charge in [-0.15, -0.1) is 0 Å². The minimum atomic E-state index is 0.0645. The molecular formula is C28H30N2O2. The maximum absolute atomic E-state index is 12.5. The fraction of sp³-hybridized carbons (Fsp3) is 0.250. The highest BCUT2D eigenvalue weighted by Gasteiger charge is 2.11. The van der Waals surface area contributed by atoms with E-state index >= 15 is 0 Å². The highest BCUT2D eigenvalue weighted by molar-refractivity contribution is 5.85. The van der Waals surface area contributed by atoms with Gasteiger partial charge >= 0.3 is 0 Å². The first-order valence-corrected chi connectivity index (χ1v) is 11.2. The number of carbonyl (C=O) groups is 1. The Hall–Kier alpha value is -3.53. The maximum Gasteiger partial charge on any atom is 0.220 e. The maximum atomic E-state index is 12.5. The van der Waals surface area contributed by atoms with Crippen LogP contribution in [0.4, 0.5) is 0 Å². The highest BCUT2D eigenvalue weighted by Crippen LogP contribution is 2.24. The molecule has 0 spiro atoms. The van der Waals surface area contributed by atoms with Gasteiger partial charge in [-0.1, -0.05) is 54.6 Å². The smallest absolute Gasteiger partial charge is 0.220 e. The summed E-state index contributed by atoms with van der Waals surface area (Å²) < 4.78 is 7.76. The molecule has 0 saturated heterocycles. The van der Waals surface area contributed by atoms with Gasteiger partial charge in [0, 0.05) is 36.6 Å². The summed E-state index contributed by atoms with van der Waals surface area (Å²) in [6.07, 6.45) is 3.39. The molecule has 4 nitrogen and oxygen atoms in total. The van der Waals surface area contributed by atoms with Crippen LogP contribution in [0.25, 0.3) is 10.9 Å². The van der Waals surface area contributed by atoms with Gasteiger partial charge in [0.1, 0.15) is 5.75 Å². The molecule has 0 aliphatic carbocycles. The Morgan fingerprint density at radius 1 is 0.938 bits per heavy atom. The van der Waals surface area contributed by atoms with Crippen molar-refractivity contribution in [3.8, 4) is 5.75 Å². The van der Waals surface area contributed by atoms with Gasteiger partial charge in [0.05, 0.1) is 6.61 Å². The molecule has 3 aromatic carbocycles. The van der Waals surface area contributed by atoms with Crippen molar-refractivity contribution in [3.05, 3.63) is 101 Å². The molecule has 164 valence electrons. The Morgan fingerprint density at radius 2 is 1.69 bits per heavy atom. The molecule has 0 saturated carbocycles. The molecule has 0 bridgehead atoms. The Bertz CT molecular complexity index is 1190. The van der Waals surface area contributed by atoms with Crippen molar-refractivity contribution in [3.63, 3.8) is 0 Å². The van der Waals surface area contributed by atoms with E-state index < -0.39 is 0 Å². The summed E-state index contributed by atoms with van der Waals surface area (Å²) >= 11 is 0. The fourth-order valence-corrected chi connectivity index (χ4v) is 4.03. The van der Waals surface area contributed by atoms with Crippen LogP contribution in [0.1, 0.15) is 35.6 Å². The molecule has 4 rings (SSSR count). The van der Waals surface area contributed by atoms with Crippen molar-refractivity contribution in [2.75, 3.05) is 6.61 Å². The van der Waals surface area contributed by atoms with Crippen LogP contribution in [-0.2, 0) is 24.3 Å². The zero-order valence-corrected chi connectivity index (χ0v) is 18.8. The van der Waals surface area contributed by atoms with Crippen molar-refractivity contribution in [2.24, 2.45) is 0 Å². The molecule has 0 radical (unpaired) electrons. The molecule has 0 fully saturated rings. The number of hydrogen-bond donors (Lipinski definition) is 1. The van der Waals surface area contributed by atoms with Gasteiger partial charge in [0.15, 0.2) is 0 Å². The number of carbonyl (C=O) groups excluding carboxylic acids is 1. The van der Waals surface area contributed by atoms with E-state index in [0.29, 0.717) is 19.6 Å². The van der Waals surface area contributed by atoms with Gasteiger partial charge in [-0.3, -0.25) is 4.79 Å². The lowest BCUT2D eigenvalue weighted by atomic mass is 10.1. The monoisotopic (exact) mass is 426 g/mol. The molecule has 0 atom stereocenters. The van der Waals surface area contributed by atoms with Gasteiger partial charge in [-0.05, 0) is 60.7 Å². The van der Waals surface area contributed by atoms with Crippen LogP contribution in [-0.4, -0.2) is 17.1 Å². The largest absolute Gasteiger partial charge is 0.494 e. The lowest BCUT2D eigenvalue weighted by molar-refractivity contribution is -0.121. The Balaban J connectivity index is 1.39. The number of para-hydroxylation sites is 1. The molecule has 1 N–H and O–H groups in total. The van der Waals surface area contributed by atoms with Crippen LogP contribution < -0.4 is 10.1 Å². The van der Waals surface area contributed by atoms with E-state index in [0.717, 1.165) is 24.3 Å². The van der Waals surface area contributed by atoms with Crippen molar-refractivity contribution in [1.29, 1.82) is 0 Å². The standard InChI is InChI=1S/C28H30N2O2/c1-3-32-25-15-12-22(13-16-25)18-29-28(31)17-14-24-20-30(27-11-7-6-10-26(24)27)19-23-9-5-4-8-21(23)2/h4-13,15-16,20H,3,14,17-19H2,1-2H3,(H,29,31). The minimum Gasteiger partial charge on any atom is -0.494 e. The molecule has 0 aliphatic rings. The average molecular weight is 427 g/mol.